The molecule has 4 aromatic rings. The van der Waals surface area contributed by atoms with Crippen LogP contribution in [-0.2, 0) is 7.05 Å². The number of aromatic nitrogens is 4. The van der Waals surface area contributed by atoms with Crippen LogP contribution in [0.25, 0.3) is 22.4 Å². The number of nitrogens with one attached hydrogen (secondary N) is 2. The van der Waals surface area contributed by atoms with Gasteiger partial charge in [-0.2, -0.15) is 0 Å². The van der Waals surface area contributed by atoms with Crippen molar-refractivity contribution in [3.05, 3.63) is 60.6 Å². The lowest BCUT2D eigenvalue weighted by Crippen LogP contribution is -2.32. The monoisotopic (exact) mass is 445 g/mol. The molecule has 2 N–H and O–H groups in total. The first-order valence-corrected chi connectivity index (χ1v) is 10.6. The molecule has 4 rings (SSSR count). The Kier molecular flexibility index (Phi) is 6.50. The molecule has 0 aliphatic heterocycles. The van der Waals surface area contributed by atoms with Gasteiger partial charge in [0.15, 0.2) is 5.65 Å². The van der Waals surface area contributed by atoms with Crippen LogP contribution < -0.4 is 15.4 Å². The number of pyridine rings is 2. The molecule has 1 aromatic carbocycles. The number of benzene rings is 1. The van der Waals surface area contributed by atoms with Crippen LogP contribution in [0.5, 0.6) is 5.88 Å². The maximum Gasteiger partial charge on any atom is 0.287 e. The summed E-state index contributed by atoms with van der Waals surface area (Å²) in [5.74, 6) is 0.625. The van der Waals surface area contributed by atoms with Crippen molar-refractivity contribution in [3.63, 3.8) is 0 Å². The van der Waals surface area contributed by atoms with Gasteiger partial charge in [0.05, 0.1) is 35.9 Å². The highest BCUT2D eigenvalue weighted by atomic mass is 16.5. The normalized spacial score (nSPS) is 11.1. The van der Waals surface area contributed by atoms with E-state index < -0.39 is 0 Å². The quantitative estimate of drug-likeness (QED) is 0.430. The van der Waals surface area contributed by atoms with Crippen LogP contribution in [0.15, 0.2) is 54.7 Å². The summed E-state index contributed by atoms with van der Waals surface area (Å²) in [4.78, 5) is 28.4. The van der Waals surface area contributed by atoms with Gasteiger partial charge in [-0.1, -0.05) is 30.3 Å². The van der Waals surface area contributed by atoms with Crippen LogP contribution in [0.1, 0.15) is 10.6 Å². The molecule has 0 aliphatic rings. The zero-order valence-corrected chi connectivity index (χ0v) is 19.2. The molecule has 33 heavy (non-hydrogen) atoms. The number of rotatable bonds is 8. The smallest absolute Gasteiger partial charge is 0.287 e. The van der Waals surface area contributed by atoms with E-state index in [1.165, 1.54) is 0 Å². The topological polar surface area (TPSA) is 97.2 Å². The number of aryl methyl sites for hydroxylation is 1. The fraction of sp³-hybridized carbons (Fsp3) is 0.250. The van der Waals surface area contributed by atoms with E-state index in [4.69, 9.17) is 9.72 Å². The van der Waals surface area contributed by atoms with E-state index in [0.29, 0.717) is 23.9 Å². The molecule has 0 fully saturated rings. The number of ether oxygens (including phenoxy) is 1. The molecule has 0 atom stereocenters. The standard InChI is InChI=1S/C24H27N7O2/c1-30(2)13-12-25-24(32)23-29-22-19(31(23)3)14-18(21(28-22)16-8-6-5-7-9-16)27-17-10-11-20(33-4)26-15-17/h5-11,14-15,27H,12-13H2,1-4H3,(H,25,32). The molecule has 9 nitrogen and oxygen atoms in total. The number of methoxy groups -OCH3 is 1. The molecule has 0 bridgehead atoms. The van der Waals surface area contributed by atoms with Gasteiger partial charge in [-0.05, 0) is 26.2 Å². The molecular formula is C24H27N7O2. The molecule has 1 amide bonds. The molecular weight excluding hydrogens is 418 g/mol. The van der Waals surface area contributed by atoms with Gasteiger partial charge >= 0.3 is 0 Å². The van der Waals surface area contributed by atoms with E-state index in [0.717, 1.165) is 34.7 Å². The summed E-state index contributed by atoms with van der Waals surface area (Å²) in [6, 6.07) is 15.5. The lowest BCUT2D eigenvalue weighted by atomic mass is 10.1. The summed E-state index contributed by atoms with van der Waals surface area (Å²) in [5, 5.41) is 6.32. The van der Waals surface area contributed by atoms with Gasteiger partial charge in [0.1, 0.15) is 0 Å². The summed E-state index contributed by atoms with van der Waals surface area (Å²) in [7, 11) is 7.32. The highest BCUT2D eigenvalue weighted by Crippen LogP contribution is 2.32. The minimum atomic E-state index is -0.229. The number of fused-ring (bicyclic) bond motifs is 1. The molecule has 0 unspecified atom stereocenters. The first-order valence-electron chi connectivity index (χ1n) is 10.6. The number of anilines is 2. The van der Waals surface area contributed by atoms with Gasteiger partial charge in [0.25, 0.3) is 5.91 Å². The van der Waals surface area contributed by atoms with Gasteiger partial charge < -0.3 is 24.8 Å². The van der Waals surface area contributed by atoms with Crippen molar-refractivity contribution >= 4 is 28.4 Å². The molecule has 0 radical (unpaired) electrons. The van der Waals surface area contributed by atoms with Crippen molar-refractivity contribution in [2.45, 2.75) is 0 Å². The van der Waals surface area contributed by atoms with Gasteiger partial charge in [0, 0.05) is 31.8 Å². The maximum atomic E-state index is 12.7. The lowest BCUT2D eigenvalue weighted by Gasteiger charge is -2.12. The Hall–Kier alpha value is -3.98. The largest absolute Gasteiger partial charge is 0.481 e. The maximum absolute atomic E-state index is 12.7. The van der Waals surface area contributed by atoms with E-state index in [2.05, 4.69) is 20.6 Å². The van der Waals surface area contributed by atoms with Crippen LogP contribution in [-0.4, -0.2) is 64.6 Å². The Morgan fingerprint density at radius 1 is 1.12 bits per heavy atom. The van der Waals surface area contributed by atoms with Gasteiger partial charge in [-0.25, -0.2) is 15.0 Å². The molecule has 170 valence electrons. The number of likely N-dealkylation sites (N-methyl/N-ethyl adjacent to an activating group) is 1. The van der Waals surface area contributed by atoms with E-state index in [1.807, 2.05) is 68.5 Å². The van der Waals surface area contributed by atoms with Crippen LogP contribution in [0.2, 0.25) is 0 Å². The van der Waals surface area contributed by atoms with Crippen molar-refractivity contribution in [2.75, 3.05) is 39.6 Å². The molecule has 3 aromatic heterocycles. The zero-order valence-electron chi connectivity index (χ0n) is 19.2. The average molecular weight is 446 g/mol. The summed E-state index contributed by atoms with van der Waals surface area (Å²) < 4.78 is 6.91. The first-order chi connectivity index (χ1) is 16.0. The number of amides is 1. The van der Waals surface area contributed by atoms with E-state index in [9.17, 15) is 4.79 Å². The second-order valence-electron chi connectivity index (χ2n) is 7.86. The molecule has 0 aliphatic carbocycles. The van der Waals surface area contributed by atoms with E-state index in [-0.39, 0.29) is 5.91 Å². The number of nitrogens with zero attached hydrogens (tertiary/aromatic N) is 5. The van der Waals surface area contributed by atoms with Crippen LogP contribution in [0, 0.1) is 0 Å². The third-order valence-corrected chi connectivity index (χ3v) is 5.19. The van der Waals surface area contributed by atoms with E-state index >= 15 is 0 Å². The molecule has 0 spiro atoms. The number of carbonyl (C=O) groups excluding carboxylic acids is 1. The zero-order chi connectivity index (χ0) is 23.4. The Labute approximate surface area is 192 Å². The van der Waals surface area contributed by atoms with Crippen molar-refractivity contribution < 1.29 is 9.53 Å². The Morgan fingerprint density at radius 2 is 1.91 bits per heavy atom. The number of imidazole rings is 1. The minimum Gasteiger partial charge on any atom is -0.481 e. The third kappa shape index (κ3) is 4.93. The average Bonchev–Trinajstić information content (AvgIpc) is 3.15. The molecule has 0 saturated heterocycles. The van der Waals surface area contributed by atoms with Gasteiger partial charge in [0.2, 0.25) is 11.7 Å². The first kappa shape index (κ1) is 22.2. The second kappa shape index (κ2) is 9.66. The SMILES string of the molecule is COc1ccc(Nc2cc3c(nc2-c2ccccc2)nc(C(=O)NCCN(C)C)n3C)cn1. The summed E-state index contributed by atoms with van der Waals surface area (Å²) in [6.07, 6.45) is 1.70. The molecule has 3 heterocycles. The summed E-state index contributed by atoms with van der Waals surface area (Å²) in [5.41, 5.74) is 4.49. The number of carbonyl (C=O) groups is 1. The van der Waals surface area contributed by atoms with Crippen molar-refractivity contribution in [1.82, 2.24) is 29.7 Å². The van der Waals surface area contributed by atoms with Gasteiger partial charge in [-0.15, -0.1) is 0 Å². The van der Waals surface area contributed by atoms with E-state index in [1.54, 1.807) is 23.9 Å². The minimum absolute atomic E-state index is 0.229. The Morgan fingerprint density at radius 3 is 2.58 bits per heavy atom. The predicted molar refractivity (Wildman–Crippen MR) is 129 cm³/mol. The summed E-state index contributed by atoms with van der Waals surface area (Å²) >= 11 is 0. The third-order valence-electron chi connectivity index (χ3n) is 5.19. The van der Waals surface area contributed by atoms with Crippen molar-refractivity contribution in [1.29, 1.82) is 0 Å². The number of hydrogen-bond donors (Lipinski definition) is 2. The van der Waals surface area contributed by atoms with Crippen molar-refractivity contribution in [2.24, 2.45) is 7.05 Å². The fourth-order valence-electron chi connectivity index (χ4n) is 3.43. The molecule has 9 heteroatoms. The fourth-order valence-corrected chi connectivity index (χ4v) is 3.43. The van der Waals surface area contributed by atoms with Crippen LogP contribution in [0.4, 0.5) is 11.4 Å². The Bertz CT molecular complexity index is 1250. The summed E-state index contributed by atoms with van der Waals surface area (Å²) in [6.45, 7) is 1.28. The van der Waals surface area contributed by atoms with Crippen molar-refractivity contribution in [3.8, 4) is 17.1 Å². The van der Waals surface area contributed by atoms with Crippen LogP contribution in [0.3, 0.4) is 0 Å². The lowest BCUT2D eigenvalue weighted by molar-refractivity contribution is 0.0938. The Balaban J connectivity index is 1.74. The second-order valence-corrected chi connectivity index (χ2v) is 7.86. The highest BCUT2D eigenvalue weighted by Gasteiger charge is 2.19. The predicted octanol–water partition coefficient (Wildman–Crippen LogP) is 3.07. The van der Waals surface area contributed by atoms with Gasteiger partial charge in [-0.3, -0.25) is 4.79 Å². The molecule has 0 saturated carbocycles. The highest BCUT2D eigenvalue weighted by molar-refractivity contribution is 5.96. The van der Waals surface area contributed by atoms with Crippen LogP contribution >= 0.6 is 0 Å². The number of hydrogen-bond acceptors (Lipinski definition) is 7.